The molecule has 0 saturated heterocycles. The monoisotopic (exact) mass is 222 g/mol. The molecule has 0 heterocycles. The molecule has 0 aliphatic heterocycles. The highest BCUT2D eigenvalue weighted by molar-refractivity contribution is 5.15. The van der Waals surface area contributed by atoms with Gasteiger partial charge in [0, 0.05) is 6.42 Å². The van der Waals surface area contributed by atoms with Crippen LogP contribution in [-0.2, 0) is 16.2 Å². The van der Waals surface area contributed by atoms with Crippen LogP contribution in [0.25, 0.3) is 0 Å². The van der Waals surface area contributed by atoms with Gasteiger partial charge in [-0.3, -0.25) is 0 Å². The van der Waals surface area contributed by atoms with Gasteiger partial charge in [0.05, 0.1) is 11.7 Å². The molecular weight excluding hydrogens is 200 g/mol. The number of hydrogen-bond acceptors (Lipinski definition) is 2. The maximum atomic E-state index is 5.41. The Kier molecular flexibility index (Phi) is 4.97. The molecule has 0 bridgehead atoms. The van der Waals surface area contributed by atoms with E-state index in [2.05, 4.69) is 19.1 Å². The van der Waals surface area contributed by atoms with Crippen molar-refractivity contribution in [1.82, 2.24) is 0 Å². The zero-order valence-electron chi connectivity index (χ0n) is 10.7. The molecule has 16 heavy (non-hydrogen) atoms. The molecule has 0 saturated carbocycles. The second kappa shape index (κ2) is 6.02. The highest BCUT2D eigenvalue weighted by atomic mass is 17.2. The molecule has 1 unspecified atom stereocenters. The van der Waals surface area contributed by atoms with E-state index in [4.69, 9.17) is 9.78 Å². The molecule has 0 radical (unpaired) electrons. The smallest absolute Gasteiger partial charge is 0.0977 e. The Morgan fingerprint density at radius 1 is 1.19 bits per heavy atom. The molecule has 0 fully saturated rings. The van der Waals surface area contributed by atoms with Gasteiger partial charge in [-0.15, -0.1) is 0 Å². The Hall–Kier alpha value is -0.860. The van der Waals surface area contributed by atoms with Crippen molar-refractivity contribution in [2.24, 2.45) is 0 Å². The standard InChI is InChI=1S/C14H22O2/c1-5-14(3,4)16-15-12(2)11-13-9-7-6-8-10-13/h6-10,12H,5,11H2,1-4H3. The number of rotatable bonds is 6. The minimum absolute atomic E-state index is 0.0771. The molecular formula is C14H22O2. The van der Waals surface area contributed by atoms with Gasteiger partial charge in [-0.05, 0) is 32.8 Å². The average molecular weight is 222 g/mol. The minimum Gasteiger partial charge on any atom is -0.233 e. The van der Waals surface area contributed by atoms with Gasteiger partial charge >= 0.3 is 0 Å². The second-order valence-electron chi connectivity index (χ2n) is 4.79. The Labute approximate surface area is 98.5 Å². The SMILES string of the molecule is CCC(C)(C)OOC(C)Cc1ccccc1. The molecule has 1 aromatic carbocycles. The third-order valence-electron chi connectivity index (χ3n) is 2.66. The van der Waals surface area contributed by atoms with Gasteiger partial charge in [-0.2, -0.15) is 0 Å². The van der Waals surface area contributed by atoms with Gasteiger partial charge in [0.1, 0.15) is 0 Å². The molecule has 1 atom stereocenters. The third-order valence-corrected chi connectivity index (χ3v) is 2.66. The summed E-state index contributed by atoms with van der Waals surface area (Å²) in [4.78, 5) is 10.8. The van der Waals surface area contributed by atoms with Crippen LogP contribution in [0.3, 0.4) is 0 Å². The lowest BCUT2D eigenvalue weighted by atomic mass is 10.1. The fourth-order valence-electron chi connectivity index (χ4n) is 1.25. The van der Waals surface area contributed by atoms with Gasteiger partial charge < -0.3 is 0 Å². The van der Waals surface area contributed by atoms with Crippen molar-refractivity contribution >= 4 is 0 Å². The zero-order valence-corrected chi connectivity index (χ0v) is 10.7. The lowest BCUT2D eigenvalue weighted by Crippen LogP contribution is -2.26. The molecule has 2 nitrogen and oxygen atoms in total. The summed E-state index contributed by atoms with van der Waals surface area (Å²) < 4.78 is 0. The number of benzene rings is 1. The van der Waals surface area contributed by atoms with E-state index in [1.165, 1.54) is 5.56 Å². The normalized spacial score (nSPS) is 13.8. The van der Waals surface area contributed by atoms with Crippen molar-refractivity contribution in [3.63, 3.8) is 0 Å². The third kappa shape index (κ3) is 4.77. The summed E-state index contributed by atoms with van der Waals surface area (Å²) in [7, 11) is 0. The molecule has 0 aliphatic rings. The molecule has 2 heteroatoms. The summed E-state index contributed by atoms with van der Waals surface area (Å²) in [5, 5.41) is 0. The van der Waals surface area contributed by atoms with E-state index in [0.29, 0.717) is 0 Å². The Morgan fingerprint density at radius 3 is 2.38 bits per heavy atom. The first-order chi connectivity index (χ1) is 7.53. The van der Waals surface area contributed by atoms with Gasteiger partial charge in [-0.25, -0.2) is 9.78 Å². The van der Waals surface area contributed by atoms with Crippen LogP contribution in [0.1, 0.15) is 39.7 Å². The molecule has 0 amide bonds. The molecule has 1 rings (SSSR count). The van der Waals surface area contributed by atoms with Crippen LogP contribution in [0.15, 0.2) is 30.3 Å². The largest absolute Gasteiger partial charge is 0.233 e. The van der Waals surface area contributed by atoms with E-state index in [-0.39, 0.29) is 11.7 Å². The van der Waals surface area contributed by atoms with E-state index in [1.807, 2.05) is 39.0 Å². The fourth-order valence-corrected chi connectivity index (χ4v) is 1.25. The summed E-state index contributed by atoms with van der Waals surface area (Å²) in [5.74, 6) is 0. The van der Waals surface area contributed by atoms with Crippen LogP contribution >= 0.6 is 0 Å². The van der Waals surface area contributed by atoms with E-state index >= 15 is 0 Å². The van der Waals surface area contributed by atoms with Crippen LogP contribution in [0, 0.1) is 0 Å². The minimum atomic E-state index is -0.203. The van der Waals surface area contributed by atoms with Crippen LogP contribution in [0.4, 0.5) is 0 Å². The van der Waals surface area contributed by atoms with E-state index < -0.39 is 0 Å². The van der Waals surface area contributed by atoms with Gasteiger partial charge in [0.2, 0.25) is 0 Å². The predicted octanol–water partition coefficient (Wildman–Crippen LogP) is 3.75. The predicted molar refractivity (Wildman–Crippen MR) is 66.1 cm³/mol. The Balaban J connectivity index is 2.34. The Morgan fingerprint density at radius 2 is 1.81 bits per heavy atom. The summed E-state index contributed by atoms with van der Waals surface area (Å²) in [6, 6.07) is 10.3. The molecule has 1 aromatic rings. The second-order valence-corrected chi connectivity index (χ2v) is 4.79. The fraction of sp³-hybridized carbons (Fsp3) is 0.571. The van der Waals surface area contributed by atoms with Crippen molar-refractivity contribution in [2.75, 3.05) is 0 Å². The van der Waals surface area contributed by atoms with Crippen LogP contribution in [-0.4, -0.2) is 11.7 Å². The molecule has 0 spiro atoms. The summed E-state index contributed by atoms with van der Waals surface area (Å²) in [6.07, 6.45) is 1.89. The van der Waals surface area contributed by atoms with Crippen LogP contribution < -0.4 is 0 Å². The quantitative estimate of drug-likeness (QED) is 0.539. The lowest BCUT2D eigenvalue weighted by Gasteiger charge is -2.24. The molecule has 0 N–H and O–H groups in total. The summed E-state index contributed by atoms with van der Waals surface area (Å²) >= 11 is 0. The molecule has 0 aliphatic carbocycles. The topological polar surface area (TPSA) is 18.5 Å². The highest BCUT2D eigenvalue weighted by Gasteiger charge is 2.18. The van der Waals surface area contributed by atoms with Crippen molar-refractivity contribution in [3.8, 4) is 0 Å². The molecule has 0 aromatic heterocycles. The number of hydrogen-bond donors (Lipinski definition) is 0. The lowest BCUT2D eigenvalue weighted by molar-refractivity contribution is -0.374. The van der Waals surface area contributed by atoms with Crippen molar-refractivity contribution in [3.05, 3.63) is 35.9 Å². The average Bonchev–Trinajstić information content (AvgIpc) is 2.28. The first kappa shape index (κ1) is 13.2. The maximum Gasteiger partial charge on any atom is 0.0977 e. The summed E-state index contributed by atoms with van der Waals surface area (Å²) in [6.45, 7) is 8.18. The Bertz CT molecular complexity index is 293. The van der Waals surface area contributed by atoms with E-state index in [1.54, 1.807) is 0 Å². The van der Waals surface area contributed by atoms with Gasteiger partial charge in [-0.1, -0.05) is 37.3 Å². The van der Waals surface area contributed by atoms with Crippen LogP contribution in [0.5, 0.6) is 0 Å². The molecule has 90 valence electrons. The van der Waals surface area contributed by atoms with Crippen molar-refractivity contribution in [1.29, 1.82) is 0 Å². The maximum absolute atomic E-state index is 5.41. The van der Waals surface area contributed by atoms with Gasteiger partial charge in [0.25, 0.3) is 0 Å². The summed E-state index contributed by atoms with van der Waals surface area (Å²) in [5.41, 5.74) is 1.07. The van der Waals surface area contributed by atoms with Crippen molar-refractivity contribution in [2.45, 2.75) is 52.2 Å². The van der Waals surface area contributed by atoms with Crippen LogP contribution in [0.2, 0.25) is 0 Å². The van der Waals surface area contributed by atoms with E-state index in [9.17, 15) is 0 Å². The zero-order chi connectivity index (χ0) is 12.0. The first-order valence-electron chi connectivity index (χ1n) is 5.92. The first-order valence-corrected chi connectivity index (χ1v) is 5.92. The van der Waals surface area contributed by atoms with Gasteiger partial charge in [0.15, 0.2) is 0 Å². The highest BCUT2D eigenvalue weighted by Crippen LogP contribution is 2.16. The van der Waals surface area contributed by atoms with E-state index in [0.717, 1.165) is 12.8 Å². The van der Waals surface area contributed by atoms with Crippen molar-refractivity contribution < 1.29 is 9.78 Å².